The molecule has 0 radical (unpaired) electrons. The Morgan fingerprint density at radius 3 is 2.88 bits per heavy atom. The van der Waals surface area contributed by atoms with Gasteiger partial charge in [-0.05, 0) is 38.6 Å². The summed E-state index contributed by atoms with van der Waals surface area (Å²) in [5.74, 6) is 2.32. The van der Waals surface area contributed by atoms with Crippen LogP contribution in [0.25, 0.3) is 0 Å². The first-order valence-electron chi connectivity index (χ1n) is 6.35. The molecule has 1 heterocycles. The minimum atomic E-state index is 0.169. The van der Waals surface area contributed by atoms with Gasteiger partial charge in [0.1, 0.15) is 0 Å². The summed E-state index contributed by atoms with van der Waals surface area (Å²) in [6.07, 6.45) is 6.09. The summed E-state index contributed by atoms with van der Waals surface area (Å²) in [5.41, 5.74) is 0. The predicted molar refractivity (Wildman–Crippen MR) is 62.1 cm³/mol. The van der Waals surface area contributed by atoms with Crippen LogP contribution in [-0.2, 0) is 6.42 Å². The van der Waals surface area contributed by atoms with Gasteiger partial charge in [0.25, 0.3) is 0 Å². The molecule has 0 bridgehead atoms. The molecule has 0 aromatic carbocycles. The molecule has 1 aromatic rings. The van der Waals surface area contributed by atoms with E-state index in [1.807, 2.05) is 0 Å². The van der Waals surface area contributed by atoms with Gasteiger partial charge >= 0.3 is 0 Å². The molecule has 1 saturated carbocycles. The third-order valence-corrected chi connectivity index (χ3v) is 3.24. The number of hydrogen-bond donors (Lipinski definition) is 1. The number of hydrogen-bond acceptors (Lipinski definition) is 4. The van der Waals surface area contributed by atoms with E-state index in [4.69, 9.17) is 4.42 Å². The van der Waals surface area contributed by atoms with Crippen molar-refractivity contribution < 1.29 is 4.42 Å². The maximum absolute atomic E-state index is 5.66. The molecule has 4 heteroatoms. The van der Waals surface area contributed by atoms with Crippen LogP contribution in [0, 0.1) is 5.92 Å². The Bertz CT molecular complexity index is 320. The minimum absolute atomic E-state index is 0.169. The average molecular weight is 223 g/mol. The summed E-state index contributed by atoms with van der Waals surface area (Å²) in [6, 6.07) is 0.169. The quantitative estimate of drug-likeness (QED) is 0.805. The lowest BCUT2D eigenvalue weighted by Crippen LogP contribution is -2.19. The third kappa shape index (κ3) is 2.82. The zero-order valence-electron chi connectivity index (χ0n) is 10.2. The maximum Gasteiger partial charge on any atom is 0.233 e. The molecular weight excluding hydrogens is 202 g/mol. The van der Waals surface area contributed by atoms with Gasteiger partial charge in [-0.25, -0.2) is 0 Å². The standard InChI is InChI=1S/C12H21N3O/c1-3-7-13-9(2)12-15-14-11(16-12)8-10-5-4-6-10/h9-10,13H,3-8H2,1-2H3. The highest BCUT2D eigenvalue weighted by Crippen LogP contribution is 2.29. The van der Waals surface area contributed by atoms with Gasteiger partial charge < -0.3 is 9.73 Å². The van der Waals surface area contributed by atoms with Gasteiger partial charge in [-0.15, -0.1) is 10.2 Å². The lowest BCUT2D eigenvalue weighted by atomic mass is 9.83. The number of aromatic nitrogens is 2. The first-order chi connectivity index (χ1) is 7.79. The van der Waals surface area contributed by atoms with E-state index in [1.165, 1.54) is 19.3 Å². The maximum atomic E-state index is 5.66. The van der Waals surface area contributed by atoms with Crippen LogP contribution in [0.3, 0.4) is 0 Å². The van der Waals surface area contributed by atoms with Crippen LogP contribution < -0.4 is 5.32 Å². The SMILES string of the molecule is CCCNC(C)c1nnc(CC2CCC2)o1. The van der Waals surface area contributed by atoms with Crippen molar-refractivity contribution in [2.45, 2.75) is 52.0 Å². The van der Waals surface area contributed by atoms with Gasteiger partial charge in [0, 0.05) is 6.42 Å². The molecule has 1 aromatic heterocycles. The van der Waals surface area contributed by atoms with Crippen molar-refractivity contribution >= 4 is 0 Å². The second-order valence-corrected chi connectivity index (χ2v) is 4.71. The lowest BCUT2D eigenvalue weighted by Gasteiger charge is -2.23. The Labute approximate surface area is 96.8 Å². The zero-order valence-corrected chi connectivity index (χ0v) is 10.2. The Kier molecular flexibility index (Phi) is 3.93. The van der Waals surface area contributed by atoms with Crippen molar-refractivity contribution in [3.63, 3.8) is 0 Å². The van der Waals surface area contributed by atoms with Gasteiger partial charge in [0.05, 0.1) is 6.04 Å². The molecule has 1 atom stereocenters. The van der Waals surface area contributed by atoms with E-state index in [1.54, 1.807) is 0 Å². The highest BCUT2D eigenvalue weighted by Gasteiger charge is 2.21. The molecule has 0 saturated heterocycles. The van der Waals surface area contributed by atoms with Crippen LogP contribution >= 0.6 is 0 Å². The Hall–Kier alpha value is -0.900. The molecule has 1 N–H and O–H groups in total. The average Bonchev–Trinajstić information content (AvgIpc) is 2.68. The van der Waals surface area contributed by atoms with Crippen molar-refractivity contribution in [3.8, 4) is 0 Å². The van der Waals surface area contributed by atoms with E-state index in [-0.39, 0.29) is 6.04 Å². The molecule has 4 nitrogen and oxygen atoms in total. The number of nitrogens with one attached hydrogen (secondary N) is 1. The zero-order chi connectivity index (χ0) is 11.4. The van der Waals surface area contributed by atoms with Crippen molar-refractivity contribution in [2.75, 3.05) is 6.54 Å². The van der Waals surface area contributed by atoms with Gasteiger partial charge in [-0.1, -0.05) is 13.3 Å². The molecule has 1 fully saturated rings. The van der Waals surface area contributed by atoms with Gasteiger partial charge in [0.15, 0.2) is 0 Å². The van der Waals surface area contributed by atoms with Gasteiger partial charge in [0.2, 0.25) is 11.8 Å². The normalized spacial score (nSPS) is 18.4. The summed E-state index contributed by atoms with van der Waals surface area (Å²) >= 11 is 0. The van der Waals surface area contributed by atoms with Crippen molar-refractivity contribution in [2.24, 2.45) is 5.92 Å². The fourth-order valence-electron chi connectivity index (χ4n) is 1.92. The second kappa shape index (κ2) is 5.43. The smallest absolute Gasteiger partial charge is 0.233 e. The van der Waals surface area contributed by atoms with E-state index in [2.05, 4.69) is 29.4 Å². The Balaban J connectivity index is 1.85. The molecule has 1 aliphatic rings. The molecule has 16 heavy (non-hydrogen) atoms. The topological polar surface area (TPSA) is 51.0 Å². The van der Waals surface area contributed by atoms with Crippen molar-refractivity contribution in [1.29, 1.82) is 0 Å². The third-order valence-electron chi connectivity index (χ3n) is 3.24. The monoisotopic (exact) mass is 223 g/mol. The Morgan fingerprint density at radius 2 is 2.25 bits per heavy atom. The number of rotatable bonds is 6. The molecule has 1 aliphatic carbocycles. The first-order valence-corrected chi connectivity index (χ1v) is 6.35. The summed E-state index contributed by atoms with van der Waals surface area (Å²) < 4.78 is 5.66. The number of nitrogens with zero attached hydrogens (tertiary/aromatic N) is 2. The van der Waals surface area contributed by atoms with Crippen LogP contribution in [0.15, 0.2) is 4.42 Å². The van der Waals surface area contributed by atoms with Crippen molar-refractivity contribution in [1.82, 2.24) is 15.5 Å². The molecule has 0 amide bonds. The van der Waals surface area contributed by atoms with Crippen LogP contribution in [0.2, 0.25) is 0 Å². The molecule has 1 unspecified atom stereocenters. The highest BCUT2D eigenvalue weighted by atomic mass is 16.4. The fourth-order valence-corrected chi connectivity index (χ4v) is 1.92. The van der Waals surface area contributed by atoms with E-state index in [0.717, 1.165) is 37.1 Å². The van der Waals surface area contributed by atoms with Gasteiger partial charge in [-0.2, -0.15) is 0 Å². The minimum Gasteiger partial charge on any atom is -0.424 e. The van der Waals surface area contributed by atoms with Crippen LogP contribution in [0.5, 0.6) is 0 Å². The fraction of sp³-hybridized carbons (Fsp3) is 0.833. The van der Waals surface area contributed by atoms with Crippen LogP contribution in [0.4, 0.5) is 0 Å². The highest BCUT2D eigenvalue weighted by molar-refractivity contribution is 4.90. The first kappa shape index (κ1) is 11.6. The molecule has 2 rings (SSSR count). The van der Waals surface area contributed by atoms with Gasteiger partial charge in [-0.3, -0.25) is 0 Å². The predicted octanol–water partition coefficient (Wildman–Crippen LogP) is 2.47. The van der Waals surface area contributed by atoms with Crippen LogP contribution in [-0.4, -0.2) is 16.7 Å². The summed E-state index contributed by atoms with van der Waals surface area (Å²) in [6.45, 7) is 5.20. The van der Waals surface area contributed by atoms with Crippen LogP contribution in [0.1, 0.15) is 57.4 Å². The second-order valence-electron chi connectivity index (χ2n) is 4.71. The van der Waals surface area contributed by atoms with E-state index in [0.29, 0.717) is 0 Å². The summed E-state index contributed by atoms with van der Waals surface area (Å²) in [7, 11) is 0. The summed E-state index contributed by atoms with van der Waals surface area (Å²) in [4.78, 5) is 0. The molecule has 0 aliphatic heterocycles. The largest absolute Gasteiger partial charge is 0.424 e. The molecular formula is C12H21N3O. The summed E-state index contributed by atoms with van der Waals surface area (Å²) in [5, 5.41) is 11.6. The van der Waals surface area contributed by atoms with Crippen molar-refractivity contribution in [3.05, 3.63) is 11.8 Å². The van der Waals surface area contributed by atoms with E-state index < -0.39 is 0 Å². The molecule has 90 valence electrons. The lowest BCUT2D eigenvalue weighted by molar-refractivity contribution is 0.283. The van der Waals surface area contributed by atoms with E-state index in [9.17, 15) is 0 Å². The van der Waals surface area contributed by atoms with E-state index >= 15 is 0 Å². The Morgan fingerprint density at radius 1 is 1.44 bits per heavy atom. The molecule has 0 spiro atoms.